The zero-order valence-corrected chi connectivity index (χ0v) is 11.1. The monoisotopic (exact) mass is 294 g/mol. The van der Waals surface area contributed by atoms with Crippen LogP contribution in [0.5, 0.6) is 0 Å². The number of H-pyrrole nitrogens is 1. The maximum absolute atomic E-state index is 11.7. The number of rotatable bonds is 3. The quantitative estimate of drug-likeness (QED) is 0.846. The van der Waals surface area contributed by atoms with Crippen molar-refractivity contribution in [3.8, 4) is 0 Å². The maximum Gasteiger partial charge on any atom is 0.377 e. The molecule has 1 aliphatic rings. The van der Waals surface area contributed by atoms with Crippen LogP contribution >= 0.6 is 11.3 Å². The molecule has 0 atom stereocenters. The van der Waals surface area contributed by atoms with Gasteiger partial charge in [-0.3, -0.25) is 4.79 Å². The zero-order valence-electron chi connectivity index (χ0n) is 10.3. The topological polar surface area (TPSA) is 90.5 Å². The first-order valence-electron chi connectivity index (χ1n) is 5.82. The van der Waals surface area contributed by atoms with Crippen LogP contribution in [-0.4, -0.2) is 29.2 Å². The molecule has 8 heteroatoms. The molecule has 0 radical (unpaired) electrons. The van der Waals surface area contributed by atoms with E-state index in [1.807, 2.05) is 0 Å². The molecule has 3 heterocycles. The Balaban J connectivity index is 1.72. The van der Waals surface area contributed by atoms with Crippen molar-refractivity contribution < 1.29 is 19.0 Å². The first-order valence-corrected chi connectivity index (χ1v) is 6.70. The molecule has 0 saturated heterocycles. The summed E-state index contributed by atoms with van der Waals surface area (Å²) >= 11 is 1.31. The van der Waals surface area contributed by atoms with Gasteiger partial charge in [0.25, 0.3) is 5.56 Å². The highest BCUT2D eigenvalue weighted by atomic mass is 32.1. The molecule has 0 unspecified atom stereocenters. The Hall–Kier alpha value is -2.35. The Labute approximate surface area is 116 Å². The van der Waals surface area contributed by atoms with Gasteiger partial charge >= 0.3 is 5.97 Å². The third-order valence-corrected chi connectivity index (χ3v) is 3.46. The summed E-state index contributed by atoms with van der Waals surface area (Å²) in [6.07, 6.45) is 1.21. The molecule has 0 aromatic carbocycles. The van der Waals surface area contributed by atoms with E-state index in [1.54, 1.807) is 11.4 Å². The third-order valence-electron chi connectivity index (χ3n) is 2.55. The molecule has 0 amide bonds. The van der Waals surface area contributed by atoms with E-state index in [4.69, 9.17) is 14.2 Å². The van der Waals surface area contributed by atoms with E-state index in [2.05, 4.69) is 9.97 Å². The number of nitrogens with zero attached hydrogens (tertiary/aromatic N) is 1. The molecular formula is C12H10N2O5S. The summed E-state index contributed by atoms with van der Waals surface area (Å²) in [5.74, 6) is -0.362. The van der Waals surface area contributed by atoms with Gasteiger partial charge in [0.1, 0.15) is 36.6 Å². The van der Waals surface area contributed by atoms with Crippen molar-refractivity contribution in [1.29, 1.82) is 0 Å². The van der Waals surface area contributed by atoms with Gasteiger partial charge < -0.3 is 19.2 Å². The van der Waals surface area contributed by atoms with Gasteiger partial charge in [0.05, 0.1) is 5.52 Å². The number of aromatic amines is 1. The number of fused-ring (bicyclic) bond motifs is 1. The molecule has 0 spiro atoms. The van der Waals surface area contributed by atoms with E-state index in [-0.39, 0.29) is 23.7 Å². The zero-order chi connectivity index (χ0) is 13.9. The average Bonchev–Trinajstić information content (AvgIpc) is 2.94. The molecule has 20 heavy (non-hydrogen) atoms. The van der Waals surface area contributed by atoms with Gasteiger partial charge in [-0.15, -0.1) is 11.3 Å². The lowest BCUT2D eigenvalue weighted by atomic mass is 10.4. The normalized spacial score (nSPS) is 14.3. The molecule has 0 bridgehead atoms. The molecule has 3 rings (SSSR count). The second-order valence-electron chi connectivity index (χ2n) is 3.93. The fourth-order valence-corrected chi connectivity index (χ4v) is 2.40. The van der Waals surface area contributed by atoms with Crippen LogP contribution in [0.15, 0.2) is 28.3 Å². The number of aromatic nitrogens is 2. The van der Waals surface area contributed by atoms with Crippen LogP contribution in [0.1, 0.15) is 5.82 Å². The van der Waals surface area contributed by atoms with Gasteiger partial charge in [0.2, 0.25) is 5.76 Å². The molecule has 0 aliphatic carbocycles. The van der Waals surface area contributed by atoms with Gasteiger partial charge in [-0.25, -0.2) is 9.78 Å². The highest BCUT2D eigenvalue weighted by Crippen LogP contribution is 2.14. The van der Waals surface area contributed by atoms with Gasteiger partial charge in [0, 0.05) is 0 Å². The number of carbonyl (C=O) groups is 1. The Morgan fingerprint density at radius 2 is 2.40 bits per heavy atom. The van der Waals surface area contributed by atoms with Crippen molar-refractivity contribution in [2.45, 2.75) is 6.61 Å². The average molecular weight is 294 g/mol. The third kappa shape index (κ3) is 2.50. The highest BCUT2D eigenvalue weighted by molar-refractivity contribution is 7.17. The van der Waals surface area contributed by atoms with E-state index < -0.39 is 5.97 Å². The van der Waals surface area contributed by atoms with Gasteiger partial charge in [-0.1, -0.05) is 0 Å². The molecule has 2 aromatic rings. The van der Waals surface area contributed by atoms with Gasteiger partial charge in [-0.2, -0.15) is 0 Å². The van der Waals surface area contributed by atoms with E-state index >= 15 is 0 Å². The first-order chi connectivity index (χ1) is 9.74. The van der Waals surface area contributed by atoms with Gasteiger partial charge in [0.15, 0.2) is 0 Å². The van der Waals surface area contributed by atoms with Crippen LogP contribution < -0.4 is 5.56 Å². The summed E-state index contributed by atoms with van der Waals surface area (Å²) in [5.41, 5.74) is 0.341. The number of ether oxygens (including phenoxy) is 3. The minimum Gasteiger partial charge on any atom is -0.493 e. The summed E-state index contributed by atoms with van der Waals surface area (Å²) in [6, 6.07) is 1.74. The number of carbonyl (C=O) groups excluding carboxylic acids is 1. The van der Waals surface area contributed by atoms with Gasteiger partial charge in [-0.05, 0) is 11.4 Å². The van der Waals surface area contributed by atoms with Crippen LogP contribution in [0, 0.1) is 0 Å². The van der Waals surface area contributed by atoms with Crippen molar-refractivity contribution in [2.75, 3.05) is 13.2 Å². The number of thiophene rings is 1. The fraction of sp³-hybridized carbons (Fsp3) is 0.250. The minimum absolute atomic E-state index is 0.00945. The smallest absolute Gasteiger partial charge is 0.377 e. The Morgan fingerprint density at radius 1 is 1.50 bits per heavy atom. The standard InChI is InChI=1S/C12H10N2O5S/c15-11-10-7(1-4-20-10)13-9(14-11)6-19-12(16)8-5-17-2-3-18-8/h1,4-5H,2-3,6H2,(H,13,14,15). The van der Waals surface area contributed by atoms with Crippen LogP contribution in [-0.2, 0) is 25.6 Å². The molecular weight excluding hydrogens is 284 g/mol. The Kier molecular flexibility index (Phi) is 3.38. The largest absolute Gasteiger partial charge is 0.493 e. The summed E-state index contributed by atoms with van der Waals surface area (Å²) in [7, 11) is 0. The minimum atomic E-state index is -0.655. The van der Waals surface area contributed by atoms with Crippen LogP contribution in [0.4, 0.5) is 0 Å². The van der Waals surface area contributed by atoms with Crippen molar-refractivity contribution in [2.24, 2.45) is 0 Å². The predicted molar refractivity (Wildman–Crippen MR) is 70.0 cm³/mol. The number of esters is 1. The van der Waals surface area contributed by atoms with Crippen LogP contribution in [0.25, 0.3) is 10.2 Å². The predicted octanol–water partition coefficient (Wildman–Crippen LogP) is 0.916. The van der Waals surface area contributed by atoms with E-state index in [1.165, 1.54) is 17.6 Å². The number of hydrogen-bond donors (Lipinski definition) is 1. The SMILES string of the molecule is O=C(OCc1nc2ccsc2c(=O)[nH]1)C1=COCCO1. The van der Waals surface area contributed by atoms with Crippen molar-refractivity contribution >= 4 is 27.5 Å². The molecule has 2 aromatic heterocycles. The van der Waals surface area contributed by atoms with Crippen LogP contribution in [0.3, 0.4) is 0 Å². The number of nitrogens with one attached hydrogen (secondary N) is 1. The molecule has 1 aliphatic heterocycles. The Bertz CT molecular complexity index is 733. The summed E-state index contributed by atoms with van der Waals surface area (Å²) in [4.78, 5) is 30.2. The molecule has 1 N–H and O–H groups in total. The summed E-state index contributed by atoms with van der Waals surface area (Å²) in [6.45, 7) is 0.567. The number of hydrogen-bond acceptors (Lipinski definition) is 7. The van der Waals surface area contributed by atoms with Crippen molar-refractivity contribution in [3.63, 3.8) is 0 Å². The lowest BCUT2D eigenvalue weighted by Crippen LogP contribution is -2.18. The van der Waals surface area contributed by atoms with Crippen LogP contribution in [0.2, 0.25) is 0 Å². The van der Waals surface area contributed by atoms with E-state index in [0.717, 1.165) is 0 Å². The second kappa shape index (κ2) is 5.33. The summed E-state index contributed by atoms with van der Waals surface area (Å²) in [5, 5.41) is 1.78. The molecule has 104 valence electrons. The Morgan fingerprint density at radius 3 is 3.20 bits per heavy atom. The highest BCUT2D eigenvalue weighted by Gasteiger charge is 2.17. The second-order valence-corrected chi connectivity index (χ2v) is 4.84. The van der Waals surface area contributed by atoms with E-state index in [0.29, 0.717) is 23.4 Å². The van der Waals surface area contributed by atoms with Crippen molar-refractivity contribution in [1.82, 2.24) is 9.97 Å². The van der Waals surface area contributed by atoms with E-state index in [9.17, 15) is 9.59 Å². The fourth-order valence-electron chi connectivity index (χ4n) is 1.67. The summed E-state index contributed by atoms with van der Waals surface area (Å²) < 4.78 is 15.6. The van der Waals surface area contributed by atoms with Crippen molar-refractivity contribution in [3.05, 3.63) is 39.6 Å². The molecule has 0 saturated carbocycles. The lowest BCUT2D eigenvalue weighted by Gasteiger charge is -2.14. The molecule has 0 fully saturated rings. The lowest BCUT2D eigenvalue weighted by molar-refractivity contribution is -0.146. The first kappa shape index (κ1) is 12.7. The maximum atomic E-state index is 11.7. The molecule has 7 nitrogen and oxygen atoms in total.